The lowest BCUT2D eigenvalue weighted by Gasteiger charge is -2.37. The molecule has 1 unspecified atom stereocenters. The fraction of sp³-hybridized carbons (Fsp3) is 0.586. The van der Waals surface area contributed by atoms with Gasteiger partial charge >= 0.3 is 11.7 Å². The van der Waals surface area contributed by atoms with E-state index in [4.69, 9.17) is 11.5 Å². The van der Waals surface area contributed by atoms with E-state index in [0.717, 1.165) is 37.8 Å². The molecule has 0 radical (unpaired) electrons. The van der Waals surface area contributed by atoms with Crippen LogP contribution in [-0.2, 0) is 17.6 Å². The standard InChI is InChI=1S/C29H42N8O3/c1-29(2,31)26(38)35-12-14-36(15-13-35)27(39)32-25-10-11-37(28(40)33-25)24-8-5-19-16-22(7-4-20(19)17-24)34(3)23-9-6-21(30)18-23/h5,8,10-11,17,21-23H,4,6-7,9,12-16,18,30-31H2,1-3H3,(H,32,33,39,40)/t21-,22?,23-/m0/s1. The van der Waals surface area contributed by atoms with Crippen LogP contribution >= 0.6 is 0 Å². The van der Waals surface area contributed by atoms with Gasteiger partial charge in [0, 0.05) is 50.5 Å². The summed E-state index contributed by atoms with van der Waals surface area (Å²) < 4.78 is 1.51. The molecule has 2 aliphatic carbocycles. The highest BCUT2D eigenvalue weighted by Crippen LogP contribution is 2.30. The van der Waals surface area contributed by atoms with Crippen LogP contribution in [0.15, 0.2) is 35.3 Å². The number of aryl methyl sites for hydroxylation is 1. The van der Waals surface area contributed by atoms with Crippen LogP contribution in [0.4, 0.5) is 10.6 Å². The van der Waals surface area contributed by atoms with Crippen molar-refractivity contribution >= 4 is 17.8 Å². The number of nitrogens with one attached hydrogen (secondary N) is 1. The summed E-state index contributed by atoms with van der Waals surface area (Å²) in [6.45, 7) is 4.93. The molecule has 1 saturated carbocycles. The van der Waals surface area contributed by atoms with Crippen LogP contribution in [0.1, 0.15) is 50.7 Å². The lowest BCUT2D eigenvalue weighted by molar-refractivity contribution is -0.137. The average Bonchev–Trinajstić information content (AvgIpc) is 3.37. The van der Waals surface area contributed by atoms with Gasteiger partial charge in [0.15, 0.2) is 0 Å². The number of aromatic nitrogens is 2. The maximum atomic E-state index is 12.9. The Labute approximate surface area is 235 Å². The molecule has 2 heterocycles. The van der Waals surface area contributed by atoms with Gasteiger partial charge in [-0.05, 0) is 88.7 Å². The van der Waals surface area contributed by atoms with Crippen LogP contribution < -0.4 is 22.5 Å². The van der Waals surface area contributed by atoms with Gasteiger partial charge in [-0.25, -0.2) is 9.59 Å². The second-order valence-corrected chi connectivity index (χ2v) is 12.1. The molecule has 11 heteroatoms. The molecule has 5 rings (SSSR count). The smallest absolute Gasteiger partial charge is 0.338 e. The van der Waals surface area contributed by atoms with E-state index in [2.05, 4.69) is 34.4 Å². The lowest BCUT2D eigenvalue weighted by Crippen LogP contribution is -2.58. The summed E-state index contributed by atoms with van der Waals surface area (Å²) >= 11 is 0. The third-order valence-corrected chi connectivity index (χ3v) is 8.71. The van der Waals surface area contributed by atoms with Crippen molar-refractivity contribution in [3.63, 3.8) is 0 Å². The van der Waals surface area contributed by atoms with E-state index in [1.54, 1.807) is 35.9 Å². The number of urea groups is 1. The molecular weight excluding hydrogens is 508 g/mol. The monoisotopic (exact) mass is 550 g/mol. The van der Waals surface area contributed by atoms with Crippen LogP contribution in [0, 0.1) is 0 Å². The van der Waals surface area contributed by atoms with Gasteiger partial charge in [-0.15, -0.1) is 0 Å². The minimum Gasteiger partial charge on any atom is -0.338 e. The Hall–Kier alpha value is -3.28. The third-order valence-electron chi connectivity index (χ3n) is 8.71. The number of anilines is 1. The van der Waals surface area contributed by atoms with E-state index in [0.29, 0.717) is 44.3 Å². The SMILES string of the molecule is CN(C1CCc2cc(-n3ccc(NC(=O)N4CCN(C(=O)C(C)(C)N)CC4)nc3=O)ccc2C1)[C@H]1CC[C@H](N)C1. The molecule has 1 aromatic heterocycles. The van der Waals surface area contributed by atoms with Crippen molar-refractivity contribution in [1.29, 1.82) is 0 Å². The van der Waals surface area contributed by atoms with E-state index in [1.807, 2.05) is 6.07 Å². The summed E-state index contributed by atoms with van der Waals surface area (Å²) in [7, 11) is 2.24. The average molecular weight is 551 g/mol. The molecule has 11 nitrogen and oxygen atoms in total. The molecule has 216 valence electrons. The summed E-state index contributed by atoms with van der Waals surface area (Å²) in [5.41, 5.74) is 14.0. The van der Waals surface area contributed by atoms with Gasteiger partial charge in [0.05, 0.1) is 11.2 Å². The normalized spacial score (nSPS) is 23.3. The third kappa shape index (κ3) is 6.06. The molecule has 0 bridgehead atoms. The minimum atomic E-state index is -0.945. The van der Waals surface area contributed by atoms with Crippen molar-refractivity contribution in [3.05, 3.63) is 52.1 Å². The number of piperazine rings is 1. The fourth-order valence-corrected chi connectivity index (χ4v) is 6.26. The number of nitrogens with zero attached hydrogens (tertiary/aromatic N) is 5. The van der Waals surface area contributed by atoms with Gasteiger partial charge in [0.2, 0.25) is 5.91 Å². The van der Waals surface area contributed by atoms with Crippen molar-refractivity contribution in [1.82, 2.24) is 24.3 Å². The van der Waals surface area contributed by atoms with Crippen LogP contribution in [-0.4, -0.2) is 93.1 Å². The predicted molar refractivity (Wildman–Crippen MR) is 154 cm³/mol. The van der Waals surface area contributed by atoms with Crippen molar-refractivity contribution < 1.29 is 9.59 Å². The second-order valence-electron chi connectivity index (χ2n) is 12.1. The van der Waals surface area contributed by atoms with E-state index < -0.39 is 11.2 Å². The van der Waals surface area contributed by atoms with Gasteiger partial charge in [0.1, 0.15) is 5.82 Å². The topological polar surface area (TPSA) is 143 Å². The van der Waals surface area contributed by atoms with Crippen molar-refractivity contribution in [2.45, 2.75) is 76.0 Å². The van der Waals surface area contributed by atoms with E-state index in [9.17, 15) is 14.4 Å². The number of hydrogen-bond donors (Lipinski definition) is 3. The Morgan fingerprint density at radius 2 is 1.75 bits per heavy atom. The molecule has 3 atom stereocenters. The predicted octanol–water partition coefficient (Wildman–Crippen LogP) is 1.31. The molecule has 1 aromatic carbocycles. The highest BCUT2D eigenvalue weighted by atomic mass is 16.2. The number of hydrogen-bond acceptors (Lipinski definition) is 7. The second kappa shape index (κ2) is 11.3. The Bertz CT molecular complexity index is 1310. The number of rotatable bonds is 5. The maximum absolute atomic E-state index is 12.9. The zero-order valence-corrected chi connectivity index (χ0v) is 23.8. The first-order chi connectivity index (χ1) is 19.0. The highest BCUT2D eigenvalue weighted by molar-refractivity contribution is 5.89. The van der Waals surface area contributed by atoms with Crippen LogP contribution in [0.5, 0.6) is 0 Å². The Kier molecular flexibility index (Phi) is 7.98. The Morgan fingerprint density at radius 1 is 1.02 bits per heavy atom. The molecule has 0 spiro atoms. The quantitative estimate of drug-likeness (QED) is 0.509. The largest absolute Gasteiger partial charge is 0.354 e. The fourth-order valence-electron chi connectivity index (χ4n) is 6.26. The summed E-state index contributed by atoms with van der Waals surface area (Å²) in [5, 5.41) is 2.72. The van der Waals surface area contributed by atoms with E-state index in [-0.39, 0.29) is 17.8 Å². The molecule has 2 fully saturated rings. The Morgan fingerprint density at radius 3 is 2.40 bits per heavy atom. The van der Waals surface area contributed by atoms with Gasteiger partial charge in [-0.3, -0.25) is 14.7 Å². The molecule has 3 aliphatic rings. The van der Waals surface area contributed by atoms with Gasteiger partial charge < -0.3 is 26.2 Å². The highest BCUT2D eigenvalue weighted by Gasteiger charge is 2.32. The number of amides is 3. The molecule has 1 saturated heterocycles. The molecule has 1 aliphatic heterocycles. The Balaban J connectivity index is 1.19. The van der Waals surface area contributed by atoms with Crippen molar-refractivity contribution in [3.8, 4) is 5.69 Å². The van der Waals surface area contributed by atoms with Crippen molar-refractivity contribution in [2.24, 2.45) is 11.5 Å². The number of nitrogens with two attached hydrogens (primary N) is 2. The zero-order chi connectivity index (χ0) is 28.6. The number of carbonyl (C=O) groups is 2. The van der Waals surface area contributed by atoms with Gasteiger partial charge in [-0.2, -0.15) is 4.98 Å². The van der Waals surface area contributed by atoms with Crippen LogP contribution in [0.2, 0.25) is 0 Å². The molecule has 2 aromatic rings. The van der Waals surface area contributed by atoms with Crippen LogP contribution in [0.3, 0.4) is 0 Å². The first kappa shape index (κ1) is 28.3. The summed E-state index contributed by atoms with van der Waals surface area (Å²) in [6.07, 6.45) is 8.07. The van der Waals surface area contributed by atoms with E-state index >= 15 is 0 Å². The molecule has 5 N–H and O–H groups in total. The first-order valence-electron chi connectivity index (χ1n) is 14.3. The summed E-state index contributed by atoms with van der Waals surface area (Å²) in [5.74, 6) is 0.0600. The lowest BCUT2D eigenvalue weighted by atomic mass is 9.86. The number of fused-ring (bicyclic) bond motifs is 1. The van der Waals surface area contributed by atoms with Crippen LogP contribution in [0.25, 0.3) is 5.69 Å². The van der Waals surface area contributed by atoms with E-state index in [1.165, 1.54) is 22.1 Å². The summed E-state index contributed by atoms with van der Waals surface area (Å²) in [4.78, 5) is 48.0. The zero-order valence-electron chi connectivity index (χ0n) is 23.8. The van der Waals surface area contributed by atoms with Crippen molar-refractivity contribution in [2.75, 3.05) is 38.5 Å². The number of carbonyl (C=O) groups excluding carboxylic acids is 2. The van der Waals surface area contributed by atoms with Gasteiger partial charge in [-0.1, -0.05) is 6.07 Å². The first-order valence-corrected chi connectivity index (χ1v) is 14.3. The minimum absolute atomic E-state index is 0.138. The number of likely N-dealkylation sites (N-methyl/N-ethyl adjacent to an activating group) is 1. The molecule has 3 amide bonds. The summed E-state index contributed by atoms with van der Waals surface area (Å²) in [6, 6.07) is 8.87. The maximum Gasteiger partial charge on any atom is 0.354 e. The number of benzene rings is 1. The van der Waals surface area contributed by atoms with Gasteiger partial charge in [0.25, 0.3) is 0 Å². The molecular formula is C29H42N8O3. The molecule has 40 heavy (non-hydrogen) atoms.